The van der Waals surface area contributed by atoms with Gasteiger partial charge in [-0.15, -0.1) is 21.8 Å². The highest BCUT2D eigenvalue weighted by Crippen LogP contribution is 2.20. The van der Waals surface area contributed by atoms with Crippen molar-refractivity contribution in [2.24, 2.45) is 0 Å². The van der Waals surface area contributed by atoms with Crippen LogP contribution in [0.1, 0.15) is 5.89 Å². The molecule has 2 aromatic rings. The number of rotatable bonds is 2. The molecule has 0 spiro atoms. The normalized spacial score (nSPS) is 10.4. The first-order valence-electron chi connectivity index (χ1n) is 3.79. The van der Waals surface area contributed by atoms with Crippen molar-refractivity contribution in [2.75, 3.05) is 0 Å². The molecule has 0 saturated heterocycles. The lowest BCUT2D eigenvalue weighted by Gasteiger charge is -1.93. The second kappa shape index (κ2) is 4.06. The maximum atomic E-state index is 5.54. The second-order valence-electron chi connectivity index (χ2n) is 2.53. The molecule has 2 aromatic heterocycles. The zero-order valence-corrected chi connectivity index (χ0v) is 9.29. The lowest BCUT2D eigenvalue weighted by atomic mass is 10.3. The summed E-state index contributed by atoms with van der Waals surface area (Å²) in [6.07, 6.45) is 3.33. The molecule has 0 atom stereocenters. The van der Waals surface area contributed by atoms with E-state index in [4.69, 9.17) is 16.0 Å². The third-order valence-corrected chi connectivity index (χ3v) is 2.20. The molecular formula is C8H5BrClN3O. The first-order chi connectivity index (χ1) is 6.79. The molecule has 2 rings (SSSR count). The van der Waals surface area contributed by atoms with Crippen LogP contribution in [0.5, 0.6) is 0 Å². The molecule has 0 aliphatic heterocycles. The van der Waals surface area contributed by atoms with E-state index in [-0.39, 0.29) is 5.88 Å². The van der Waals surface area contributed by atoms with Gasteiger partial charge >= 0.3 is 0 Å². The Morgan fingerprint density at radius 1 is 1.36 bits per heavy atom. The molecule has 72 valence electrons. The van der Waals surface area contributed by atoms with Gasteiger partial charge in [-0.05, 0) is 22.0 Å². The molecule has 0 aromatic carbocycles. The summed E-state index contributed by atoms with van der Waals surface area (Å²) < 4.78 is 6.12. The van der Waals surface area contributed by atoms with E-state index in [1.165, 1.54) is 0 Å². The average molecular weight is 275 g/mol. The molecule has 0 N–H and O–H groups in total. The van der Waals surface area contributed by atoms with Gasteiger partial charge in [0, 0.05) is 16.9 Å². The Morgan fingerprint density at radius 3 is 2.86 bits per heavy atom. The summed E-state index contributed by atoms with van der Waals surface area (Å²) in [5.74, 6) is 1.05. The van der Waals surface area contributed by atoms with E-state index in [0.29, 0.717) is 11.8 Å². The van der Waals surface area contributed by atoms with Crippen molar-refractivity contribution in [1.82, 2.24) is 15.2 Å². The molecule has 0 amide bonds. The van der Waals surface area contributed by atoms with Crippen molar-refractivity contribution in [1.29, 1.82) is 0 Å². The van der Waals surface area contributed by atoms with Crippen molar-refractivity contribution in [3.8, 4) is 11.5 Å². The molecular weight excluding hydrogens is 269 g/mol. The Hall–Kier alpha value is -0.940. The standard InChI is InChI=1S/C8H5BrClN3O/c9-6-1-5(3-11-4-6)8-13-12-7(2-10)14-8/h1,3-4H,2H2. The van der Waals surface area contributed by atoms with Gasteiger partial charge in [-0.25, -0.2) is 0 Å². The van der Waals surface area contributed by atoms with Crippen molar-refractivity contribution in [2.45, 2.75) is 5.88 Å². The molecule has 2 heterocycles. The highest BCUT2D eigenvalue weighted by atomic mass is 79.9. The van der Waals surface area contributed by atoms with E-state index in [9.17, 15) is 0 Å². The van der Waals surface area contributed by atoms with E-state index in [2.05, 4.69) is 31.1 Å². The smallest absolute Gasteiger partial charge is 0.249 e. The van der Waals surface area contributed by atoms with Crippen LogP contribution in [0, 0.1) is 0 Å². The topological polar surface area (TPSA) is 51.8 Å². The van der Waals surface area contributed by atoms with E-state index in [0.717, 1.165) is 10.0 Å². The quantitative estimate of drug-likeness (QED) is 0.790. The Balaban J connectivity index is 2.39. The van der Waals surface area contributed by atoms with Crippen molar-refractivity contribution in [3.63, 3.8) is 0 Å². The van der Waals surface area contributed by atoms with Gasteiger partial charge in [0.05, 0.1) is 5.56 Å². The first-order valence-corrected chi connectivity index (χ1v) is 5.11. The fourth-order valence-corrected chi connectivity index (χ4v) is 1.43. The number of hydrogen-bond donors (Lipinski definition) is 0. The highest BCUT2D eigenvalue weighted by Gasteiger charge is 2.07. The van der Waals surface area contributed by atoms with Gasteiger partial charge in [0.1, 0.15) is 5.88 Å². The lowest BCUT2D eigenvalue weighted by Crippen LogP contribution is -1.80. The van der Waals surface area contributed by atoms with E-state index >= 15 is 0 Å². The minimum Gasteiger partial charge on any atom is -0.419 e. The van der Waals surface area contributed by atoms with Crippen LogP contribution in [0.3, 0.4) is 0 Å². The summed E-state index contributed by atoms with van der Waals surface area (Å²) in [6.45, 7) is 0. The second-order valence-corrected chi connectivity index (χ2v) is 3.71. The Kier molecular flexibility index (Phi) is 2.79. The van der Waals surface area contributed by atoms with Gasteiger partial charge in [-0.3, -0.25) is 4.98 Å². The van der Waals surface area contributed by atoms with Gasteiger partial charge in [0.2, 0.25) is 11.8 Å². The van der Waals surface area contributed by atoms with Crippen LogP contribution in [0.15, 0.2) is 27.3 Å². The molecule has 0 unspecified atom stereocenters. The average Bonchev–Trinajstić information content (AvgIpc) is 2.66. The number of hydrogen-bond acceptors (Lipinski definition) is 4. The summed E-state index contributed by atoms with van der Waals surface area (Å²) in [5.41, 5.74) is 0.767. The molecule has 0 fully saturated rings. The molecule has 6 heteroatoms. The minimum atomic E-state index is 0.217. The predicted molar refractivity (Wildman–Crippen MR) is 54.8 cm³/mol. The summed E-state index contributed by atoms with van der Waals surface area (Å²) in [6, 6.07) is 1.85. The van der Waals surface area contributed by atoms with E-state index in [1.54, 1.807) is 12.4 Å². The molecule has 0 radical (unpaired) electrons. The van der Waals surface area contributed by atoms with Crippen molar-refractivity contribution >= 4 is 27.5 Å². The van der Waals surface area contributed by atoms with Crippen LogP contribution in [-0.4, -0.2) is 15.2 Å². The summed E-state index contributed by atoms with van der Waals surface area (Å²) in [4.78, 5) is 3.99. The van der Waals surface area contributed by atoms with Crippen LogP contribution < -0.4 is 0 Å². The van der Waals surface area contributed by atoms with Gasteiger partial charge in [-0.1, -0.05) is 0 Å². The van der Waals surface area contributed by atoms with Crippen LogP contribution in [0.4, 0.5) is 0 Å². The van der Waals surface area contributed by atoms with E-state index in [1.807, 2.05) is 6.07 Å². The van der Waals surface area contributed by atoms with Gasteiger partial charge in [-0.2, -0.15) is 0 Å². The number of pyridine rings is 1. The summed E-state index contributed by atoms with van der Waals surface area (Å²) in [5, 5.41) is 7.59. The molecule has 4 nitrogen and oxygen atoms in total. The van der Waals surface area contributed by atoms with Crippen LogP contribution in [0.25, 0.3) is 11.5 Å². The van der Waals surface area contributed by atoms with E-state index < -0.39 is 0 Å². The van der Waals surface area contributed by atoms with Crippen LogP contribution in [-0.2, 0) is 5.88 Å². The fourth-order valence-electron chi connectivity index (χ4n) is 0.953. The third-order valence-electron chi connectivity index (χ3n) is 1.53. The molecule has 0 aliphatic rings. The zero-order chi connectivity index (χ0) is 9.97. The summed E-state index contributed by atoms with van der Waals surface area (Å²) in [7, 11) is 0. The minimum absolute atomic E-state index is 0.217. The Labute approximate surface area is 93.4 Å². The zero-order valence-electron chi connectivity index (χ0n) is 6.94. The number of nitrogens with zero attached hydrogens (tertiary/aromatic N) is 3. The number of aromatic nitrogens is 3. The van der Waals surface area contributed by atoms with Crippen molar-refractivity contribution < 1.29 is 4.42 Å². The van der Waals surface area contributed by atoms with Gasteiger partial charge in [0.15, 0.2) is 0 Å². The SMILES string of the molecule is ClCc1nnc(-c2cncc(Br)c2)o1. The summed E-state index contributed by atoms with van der Waals surface area (Å²) >= 11 is 8.84. The third kappa shape index (κ3) is 1.93. The Bertz CT molecular complexity index is 446. The monoisotopic (exact) mass is 273 g/mol. The van der Waals surface area contributed by atoms with Crippen LogP contribution >= 0.6 is 27.5 Å². The number of halogens is 2. The van der Waals surface area contributed by atoms with Crippen molar-refractivity contribution in [3.05, 3.63) is 28.8 Å². The molecule has 0 aliphatic carbocycles. The number of alkyl halides is 1. The molecule has 0 saturated carbocycles. The predicted octanol–water partition coefficient (Wildman–Crippen LogP) is 2.63. The van der Waals surface area contributed by atoms with Gasteiger partial charge in [0.25, 0.3) is 0 Å². The lowest BCUT2D eigenvalue weighted by molar-refractivity contribution is 0.527. The molecule has 0 bridgehead atoms. The Morgan fingerprint density at radius 2 is 2.21 bits per heavy atom. The highest BCUT2D eigenvalue weighted by molar-refractivity contribution is 9.10. The fraction of sp³-hybridized carbons (Fsp3) is 0.125. The maximum Gasteiger partial charge on any atom is 0.249 e. The largest absolute Gasteiger partial charge is 0.419 e. The van der Waals surface area contributed by atoms with Crippen LogP contribution in [0.2, 0.25) is 0 Å². The first kappa shape index (κ1) is 9.61. The maximum absolute atomic E-state index is 5.54. The van der Waals surface area contributed by atoms with Gasteiger partial charge < -0.3 is 4.42 Å². The molecule has 14 heavy (non-hydrogen) atoms.